The van der Waals surface area contributed by atoms with E-state index in [1.807, 2.05) is 19.1 Å². The van der Waals surface area contributed by atoms with Crippen molar-refractivity contribution >= 4 is 5.91 Å². The van der Waals surface area contributed by atoms with Crippen LogP contribution >= 0.6 is 0 Å². The van der Waals surface area contributed by atoms with E-state index in [0.717, 1.165) is 5.76 Å². The fourth-order valence-electron chi connectivity index (χ4n) is 0.976. The monoisotopic (exact) mass is 182 g/mol. The first-order valence-electron chi connectivity index (χ1n) is 4.21. The minimum Gasteiger partial charge on any atom is -0.468 e. The summed E-state index contributed by atoms with van der Waals surface area (Å²) in [6.07, 6.45) is 1.61. The second-order valence-corrected chi connectivity index (χ2v) is 2.80. The summed E-state index contributed by atoms with van der Waals surface area (Å²) < 4.78 is 5.10. The lowest BCUT2D eigenvalue weighted by molar-refractivity contribution is -0.122. The van der Waals surface area contributed by atoms with E-state index < -0.39 is 0 Å². The number of likely N-dealkylation sites (N-methyl/N-ethyl adjacent to an activating group) is 1. The summed E-state index contributed by atoms with van der Waals surface area (Å²) in [6.45, 7) is 2.38. The number of hydrogen-bond acceptors (Lipinski definition) is 3. The maximum Gasteiger partial charge on any atom is 0.236 e. The smallest absolute Gasteiger partial charge is 0.236 e. The number of hydrogen-bond donors (Lipinski definition) is 2. The average molecular weight is 182 g/mol. The number of carbonyl (C=O) groups is 1. The molecule has 0 aliphatic rings. The molecule has 0 saturated heterocycles. The van der Waals surface area contributed by atoms with Gasteiger partial charge in [-0.25, -0.2) is 0 Å². The third-order valence-corrected chi connectivity index (χ3v) is 1.80. The number of amides is 1. The highest BCUT2D eigenvalue weighted by molar-refractivity contribution is 5.80. The molecule has 0 fully saturated rings. The first-order chi connectivity index (χ1) is 6.24. The van der Waals surface area contributed by atoms with Gasteiger partial charge in [0.1, 0.15) is 5.76 Å². The van der Waals surface area contributed by atoms with Crippen LogP contribution in [0.15, 0.2) is 22.8 Å². The van der Waals surface area contributed by atoms with E-state index in [0.29, 0.717) is 6.54 Å². The van der Waals surface area contributed by atoms with Gasteiger partial charge in [0.05, 0.1) is 18.8 Å². The van der Waals surface area contributed by atoms with Crippen LogP contribution in [0.25, 0.3) is 0 Å². The summed E-state index contributed by atoms with van der Waals surface area (Å²) in [5.41, 5.74) is 0. The molecule has 0 bridgehead atoms. The molecule has 1 rings (SSSR count). The topological polar surface area (TPSA) is 54.3 Å². The third-order valence-electron chi connectivity index (χ3n) is 1.80. The van der Waals surface area contributed by atoms with E-state index in [9.17, 15) is 4.79 Å². The molecule has 1 unspecified atom stereocenters. The summed E-state index contributed by atoms with van der Waals surface area (Å²) in [5, 5.41) is 5.59. The van der Waals surface area contributed by atoms with Gasteiger partial charge in [0, 0.05) is 7.05 Å². The van der Waals surface area contributed by atoms with Gasteiger partial charge in [-0.05, 0) is 19.1 Å². The predicted molar refractivity (Wildman–Crippen MR) is 49.1 cm³/mol. The maximum absolute atomic E-state index is 11.1. The second-order valence-electron chi connectivity index (χ2n) is 2.80. The normalized spacial score (nSPS) is 12.5. The average Bonchev–Trinajstić information content (AvgIpc) is 2.65. The largest absolute Gasteiger partial charge is 0.468 e. The molecule has 4 nitrogen and oxygen atoms in total. The minimum absolute atomic E-state index is 0.0217. The second kappa shape index (κ2) is 4.67. The van der Waals surface area contributed by atoms with E-state index >= 15 is 0 Å². The highest BCUT2D eigenvalue weighted by atomic mass is 16.3. The Hall–Kier alpha value is -1.29. The number of rotatable bonds is 4. The molecule has 72 valence electrons. The molecule has 1 amide bonds. The van der Waals surface area contributed by atoms with Crippen LogP contribution < -0.4 is 10.6 Å². The number of nitrogens with one attached hydrogen (secondary N) is 2. The first kappa shape index (κ1) is 9.80. The minimum atomic E-state index is -0.199. The molecule has 2 N–H and O–H groups in total. The standard InChI is InChI=1S/C9H14N2O2/c1-7(9(12)10-2)11-6-8-4-3-5-13-8/h3-5,7,11H,6H2,1-2H3,(H,10,12). The van der Waals surface area contributed by atoms with Gasteiger partial charge in [-0.2, -0.15) is 0 Å². The molecule has 1 aromatic heterocycles. The molecule has 4 heteroatoms. The van der Waals surface area contributed by atoms with Gasteiger partial charge >= 0.3 is 0 Å². The molecule has 13 heavy (non-hydrogen) atoms. The lowest BCUT2D eigenvalue weighted by atomic mass is 10.3. The van der Waals surface area contributed by atoms with Crippen LogP contribution in [-0.2, 0) is 11.3 Å². The molecule has 1 aromatic rings. The van der Waals surface area contributed by atoms with Gasteiger partial charge in [-0.15, -0.1) is 0 Å². The summed E-state index contributed by atoms with van der Waals surface area (Å²) in [6, 6.07) is 3.49. The van der Waals surface area contributed by atoms with Gasteiger partial charge < -0.3 is 9.73 Å². The van der Waals surface area contributed by atoms with Crippen LogP contribution in [0.4, 0.5) is 0 Å². The molecular formula is C9H14N2O2. The fraction of sp³-hybridized carbons (Fsp3) is 0.444. The zero-order valence-corrected chi connectivity index (χ0v) is 7.83. The highest BCUT2D eigenvalue weighted by Gasteiger charge is 2.09. The molecule has 0 aliphatic carbocycles. The van der Waals surface area contributed by atoms with E-state index in [1.54, 1.807) is 13.3 Å². The van der Waals surface area contributed by atoms with Crippen molar-refractivity contribution in [3.05, 3.63) is 24.2 Å². The summed E-state index contributed by atoms with van der Waals surface area (Å²) >= 11 is 0. The Morgan fingerprint density at radius 2 is 2.46 bits per heavy atom. The van der Waals surface area contributed by atoms with Crippen molar-refractivity contribution in [1.82, 2.24) is 10.6 Å². The van der Waals surface area contributed by atoms with Crippen molar-refractivity contribution < 1.29 is 9.21 Å². The third kappa shape index (κ3) is 2.91. The first-order valence-corrected chi connectivity index (χ1v) is 4.21. The molecule has 1 heterocycles. The maximum atomic E-state index is 11.1. The molecule has 0 saturated carbocycles. The Morgan fingerprint density at radius 3 is 3.00 bits per heavy atom. The fourth-order valence-corrected chi connectivity index (χ4v) is 0.976. The van der Waals surface area contributed by atoms with Crippen LogP contribution in [0.2, 0.25) is 0 Å². The van der Waals surface area contributed by atoms with E-state index in [1.165, 1.54) is 0 Å². The quantitative estimate of drug-likeness (QED) is 0.713. The van der Waals surface area contributed by atoms with Crippen LogP contribution in [-0.4, -0.2) is 19.0 Å². The molecular weight excluding hydrogens is 168 g/mol. The van der Waals surface area contributed by atoms with E-state index in [-0.39, 0.29) is 11.9 Å². The van der Waals surface area contributed by atoms with Crippen molar-refractivity contribution in [2.24, 2.45) is 0 Å². The summed E-state index contributed by atoms with van der Waals surface area (Å²) in [7, 11) is 1.62. The lowest BCUT2D eigenvalue weighted by Gasteiger charge is -2.10. The van der Waals surface area contributed by atoms with Crippen LogP contribution in [0.3, 0.4) is 0 Å². The zero-order chi connectivity index (χ0) is 9.68. The molecule has 1 atom stereocenters. The Bertz CT molecular complexity index is 257. The summed E-state index contributed by atoms with van der Waals surface area (Å²) in [4.78, 5) is 11.1. The Kier molecular flexibility index (Phi) is 3.52. The highest BCUT2D eigenvalue weighted by Crippen LogP contribution is 1.99. The van der Waals surface area contributed by atoms with Crippen molar-refractivity contribution in [3.63, 3.8) is 0 Å². The van der Waals surface area contributed by atoms with E-state index in [4.69, 9.17) is 4.42 Å². The Labute approximate surface area is 77.3 Å². The lowest BCUT2D eigenvalue weighted by Crippen LogP contribution is -2.40. The van der Waals surface area contributed by atoms with Gasteiger partial charge in [-0.1, -0.05) is 0 Å². The number of carbonyl (C=O) groups excluding carboxylic acids is 1. The number of furan rings is 1. The molecule has 0 aliphatic heterocycles. The van der Waals surface area contributed by atoms with Gasteiger partial charge in [0.15, 0.2) is 0 Å². The Balaban J connectivity index is 2.30. The van der Waals surface area contributed by atoms with Crippen LogP contribution in [0.1, 0.15) is 12.7 Å². The van der Waals surface area contributed by atoms with Crippen molar-refractivity contribution in [2.75, 3.05) is 7.05 Å². The summed E-state index contributed by atoms with van der Waals surface area (Å²) in [5.74, 6) is 0.808. The van der Waals surface area contributed by atoms with Crippen molar-refractivity contribution in [2.45, 2.75) is 19.5 Å². The Morgan fingerprint density at radius 1 is 1.69 bits per heavy atom. The van der Waals surface area contributed by atoms with Crippen molar-refractivity contribution in [1.29, 1.82) is 0 Å². The SMILES string of the molecule is CNC(=O)C(C)NCc1ccco1. The van der Waals surface area contributed by atoms with Gasteiger partial charge in [-0.3, -0.25) is 10.1 Å². The van der Waals surface area contributed by atoms with E-state index in [2.05, 4.69) is 10.6 Å². The van der Waals surface area contributed by atoms with Gasteiger partial charge in [0.2, 0.25) is 5.91 Å². The van der Waals surface area contributed by atoms with Crippen LogP contribution in [0, 0.1) is 0 Å². The van der Waals surface area contributed by atoms with Gasteiger partial charge in [0.25, 0.3) is 0 Å². The molecule has 0 aromatic carbocycles. The molecule has 0 spiro atoms. The van der Waals surface area contributed by atoms with Crippen molar-refractivity contribution in [3.8, 4) is 0 Å². The predicted octanol–water partition coefficient (Wildman–Crippen LogP) is 0.504. The van der Waals surface area contributed by atoms with Crippen LogP contribution in [0.5, 0.6) is 0 Å². The zero-order valence-electron chi connectivity index (χ0n) is 7.83. The molecule has 0 radical (unpaired) electrons.